The van der Waals surface area contributed by atoms with Crippen molar-refractivity contribution in [1.82, 2.24) is 15.1 Å². The van der Waals surface area contributed by atoms with E-state index in [4.69, 9.17) is 16.3 Å². The fourth-order valence-corrected chi connectivity index (χ4v) is 3.66. The largest absolute Gasteiger partial charge is 0.383 e. The second kappa shape index (κ2) is 7.61. The highest BCUT2D eigenvalue weighted by molar-refractivity contribution is 6.31. The fourth-order valence-electron chi connectivity index (χ4n) is 3.46. The van der Waals surface area contributed by atoms with Gasteiger partial charge < -0.3 is 10.1 Å². The zero-order valence-corrected chi connectivity index (χ0v) is 14.3. The average molecular weight is 314 g/mol. The Morgan fingerprint density at radius 2 is 2.10 bits per heavy atom. The van der Waals surface area contributed by atoms with Crippen molar-refractivity contribution in [3.63, 3.8) is 0 Å². The van der Waals surface area contributed by atoms with E-state index in [-0.39, 0.29) is 0 Å². The zero-order valence-electron chi connectivity index (χ0n) is 13.5. The Hall–Kier alpha value is -0.580. The molecule has 0 radical (unpaired) electrons. The summed E-state index contributed by atoms with van der Waals surface area (Å²) in [6, 6.07) is 0. The molecule has 1 aromatic rings. The Labute approximate surface area is 133 Å². The van der Waals surface area contributed by atoms with Crippen LogP contribution in [-0.4, -0.2) is 36.6 Å². The second-order valence-corrected chi connectivity index (χ2v) is 6.59. The molecule has 1 aromatic heterocycles. The molecule has 0 unspecified atom stereocenters. The van der Waals surface area contributed by atoms with Crippen molar-refractivity contribution in [2.24, 2.45) is 5.41 Å². The number of methoxy groups -OCH3 is 1. The zero-order chi connectivity index (χ0) is 15.3. The Kier molecular flexibility index (Phi) is 6.08. The predicted octanol–water partition coefficient (Wildman–Crippen LogP) is 3.20. The third-order valence-corrected chi connectivity index (χ3v) is 5.13. The van der Waals surface area contributed by atoms with Crippen LogP contribution in [0.4, 0.5) is 0 Å². The second-order valence-electron chi connectivity index (χ2n) is 6.22. The first-order valence-corrected chi connectivity index (χ1v) is 8.41. The number of nitrogens with one attached hydrogen (secondary N) is 1. The van der Waals surface area contributed by atoms with Crippen LogP contribution >= 0.6 is 11.6 Å². The van der Waals surface area contributed by atoms with Gasteiger partial charge in [0.25, 0.3) is 0 Å². The average Bonchev–Trinajstić information content (AvgIpc) is 3.04. The van der Waals surface area contributed by atoms with Gasteiger partial charge in [-0.15, -0.1) is 0 Å². The molecule has 0 spiro atoms. The van der Waals surface area contributed by atoms with E-state index in [0.29, 0.717) is 5.41 Å². The molecular weight excluding hydrogens is 286 g/mol. The van der Waals surface area contributed by atoms with E-state index in [9.17, 15) is 0 Å². The minimum Gasteiger partial charge on any atom is -0.383 e. The molecule has 4 nitrogen and oxygen atoms in total. The van der Waals surface area contributed by atoms with Gasteiger partial charge in [0, 0.05) is 26.7 Å². The molecule has 21 heavy (non-hydrogen) atoms. The number of halogens is 1. The van der Waals surface area contributed by atoms with Gasteiger partial charge in [-0.1, -0.05) is 24.4 Å². The van der Waals surface area contributed by atoms with E-state index in [1.807, 2.05) is 6.92 Å². The van der Waals surface area contributed by atoms with Crippen LogP contribution in [-0.2, 0) is 17.7 Å². The number of aryl methyl sites for hydroxylation is 2. The van der Waals surface area contributed by atoms with Crippen molar-refractivity contribution in [2.45, 2.75) is 52.5 Å². The number of nitrogens with zero attached hydrogens (tertiary/aromatic N) is 2. The minimum atomic E-state index is 0.330. The van der Waals surface area contributed by atoms with E-state index in [0.717, 1.165) is 43.4 Å². The maximum atomic E-state index is 6.49. The van der Waals surface area contributed by atoms with Crippen LogP contribution in [0.2, 0.25) is 5.02 Å². The van der Waals surface area contributed by atoms with Gasteiger partial charge in [-0.05, 0) is 38.5 Å². The molecule has 120 valence electrons. The number of aromatic nitrogens is 2. The van der Waals surface area contributed by atoms with Gasteiger partial charge in [-0.25, -0.2) is 0 Å². The number of ether oxygens (including phenoxy) is 1. The van der Waals surface area contributed by atoms with Crippen molar-refractivity contribution in [3.8, 4) is 0 Å². The molecule has 0 saturated heterocycles. The summed E-state index contributed by atoms with van der Waals surface area (Å²) in [6.45, 7) is 7.73. The Bertz CT molecular complexity index is 453. The first kappa shape index (κ1) is 16.8. The molecule has 0 amide bonds. The van der Waals surface area contributed by atoms with Gasteiger partial charge in [-0.3, -0.25) is 4.68 Å². The van der Waals surface area contributed by atoms with Gasteiger partial charge in [0.2, 0.25) is 0 Å². The SMILES string of the molecule is CCn1nc(C)c(Cl)c1CC1(CNCCOC)CCCC1. The van der Waals surface area contributed by atoms with Gasteiger partial charge in [0.1, 0.15) is 0 Å². The molecule has 0 bridgehead atoms. The molecule has 1 aliphatic rings. The van der Waals surface area contributed by atoms with Crippen LogP contribution in [0.15, 0.2) is 0 Å². The molecule has 0 atom stereocenters. The molecule has 1 N–H and O–H groups in total. The monoisotopic (exact) mass is 313 g/mol. The topological polar surface area (TPSA) is 39.1 Å². The third kappa shape index (κ3) is 3.99. The summed E-state index contributed by atoms with van der Waals surface area (Å²) < 4.78 is 7.20. The molecule has 0 aliphatic heterocycles. The van der Waals surface area contributed by atoms with Gasteiger partial charge in [0.15, 0.2) is 0 Å². The van der Waals surface area contributed by atoms with Crippen LogP contribution in [0.25, 0.3) is 0 Å². The highest BCUT2D eigenvalue weighted by Gasteiger charge is 2.35. The van der Waals surface area contributed by atoms with E-state index >= 15 is 0 Å². The summed E-state index contributed by atoms with van der Waals surface area (Å²) in [7, 11) is 1.75. The van der Waals surface area contributed by atoms with E-state index in [2.05, 4.69) is 22.0 Å². The Balaban J connectivity index is 2.09. The molecule has 1 saturated carbocycles. The number of hydrogen-bond acceptors (Lipinski definition) is 3. The molecular formula is C16H28ClN3O. The van der Waals surface area contributed by atoms with Crippen molar-refractivity contribution in [3.05, 3.63) is 16.4 Å². The van der Waals surface area contributed by atoms with E-state index < -0.39 is 0 Å². The molecule has 1 fully saturated rings. The van der Waals surface area contributed by atoms with Crippen LogP contribution in [0, 0.1) is 12.3 Å². The standard InChI is InChI=1S/C16H28ClN3O/c1-4-20-14(15(17)13(2)19-20)11-16(7-5-6-8-16)12-18-9-10-21-3/h18H,4-12H2,1-3H3. The van der Waals surface area contributed by atoms with E-state index in [1.165, 1.54) is 31.4 Å². The van der Waals surface area contributed by atoms with Crippen molar-refractivity contribution in [2.75, 3.05) is 26.8 Å². The molecule has 1 heterocycles. The lowest BCUT2D eigenvalue weighted by atomic mass is 9.81. The summed E-state index contributed by atoms with van der Waals surface area (Å²) in [5.41, 5.74) is 2.50. The highest BCUT2D eigenvalue weighted by Crippen LogP contribution is 2.42. The van der Waals surface area contributed by atoms with Gasteiger partial charge >= 0.3 is 0 Å². The van der Waals surface area contributed by atoms with Crippen molar-refractivity contribution >= 4 is 11.6 Å². The third-order valence-electron chi connectivity index (χ3n) is 4.64. The summed E-state index contributed by atoms with van der Waals surface area (Å²) in [6.07, 6.45) is 6.22. The highest BCUT2D eigenvalue weighted by atomic mass is 35.5. The fraction of sp³-hybridized carbons (Fsp3) is 0.812. The lowest BCUT2D eigenvalue weighted by Gasteiger charge is -2.30. The Morgan fingerprint density at radius 1 is 1.38 bits per heavy atom. The number of hydrogen-bond donors (Lipinski definition) is 1. The summed E-state index contributed by atoms with van der Waals surface area (Å²) in [5.74, 6) is 0. The van der Waals surface area contributed by atoms with Crippen molar-refractivity contribution in [1.29, 1.82) is 0 Å². The maximum absolute atomic E-state index is 6.49. The molecule has 0 aromatic carbocycles. The first-order chi connectivity index (χ1) is 10.1. The molecule has 5 heteroatoms. The predicted molar refractivity (Wildman–Crippen MR) is 87.0 cm³/mol. The van der Waals surface area contributed by atoms with Gasteiger partial charge in [0.05, 0.1) is 23.0 Å². The van der Waals surface area contributed by atoms with E-state index in [1.54, 1.807) is 7.11 Å². The van der Waals surface area contributed by atoms with Crippen LogP contribution in [0.1, 0.15) is 44.0 Å². The van der Waals surface area contributed by atoms with Crippen molar-refractivity contribution < 1.29 is 4.74 Å². The number of rotatable bonds is 8. The molecule has 1 aliphatic carbocycles. The Morgan fingerprint density at radius 3 is 2.71 bits per heavy atom. The normalized spacial score (nSPS) is 17.5. The van der Waals surface area contributed by atoms with Crippen LogP contribution in [0.5, 0.6) is 0 Å². The van der Waals surface area contributed by atoms with Crippen LogP contribution in [0.3, 0.4) is 0 Å². The van der Waals surface area contributed by atoms with Gasteiger partial charge in [-0.2, -0.15) is 5.10 Å². The molecule has 2 rings (SSSR count). The quantitative estimate of drug-likeness (QED) is 0.749. The van der Waals surface area contributed by atoms with Crippen LogP contribution < -0.4 is 5.32 Å². The minimum absolute atomic E-state index is 0.330. The lowest BCUT2D eigenvalue weighted by molar-refractivity contribution is 0.189. The first-order valence-electron chi connectivity index (χ1n) is 8.03. The smallest absolute Gasteiger partial charge is 0.0847 e. The summed E-state index contributed by atoms with van der Waals surface area (Å²) >= 11 is 6.49. The lowest BCUT2D eigenvalue weighted by Crippen LogP contribution is -2.36. The maximum Gasteiger partial charge on any atom is 0.0847 e. The summed E-state index contributed by atoms with van der Waals surface area (Å²) in [4.78, 5) is 0. The summed E-state index contributed by atoms with van der Waals surface area (Å²) in [5, 5.41) is 8.97.